The van der Waals surface area contributed by atoms with Gasteiger partial charge in [-0.3, -0.25) is 4.79 Å². The van der Waals surface area contributed by atoms with Crippen LogP contribution in [0.4, 0.5) is 18.9 Å². The molecule has 1 saturated carbocycles. The van der Waals surface area contributed by atoms with Gasteiger partial charge in [-0.05, 0) is 123 Å². The molecular formula is C39H43F3N2O. The number of alkyl halides is 2. The minimum atomic E-state index is -2.65. The Morgan fingerprint density at radius 3 is 2.31 bits per heavy atom. The van der Waals surface area contributed by atoms with Crippen molar-refractivity contribution in [3.8, 4) is 0 Å². The van der Waals surface area contributed by atoms with Gasteiger partial charge in [0, 0.05) is 24.3 Å². The summed E-state index contributed by atoms with van der Waals surface area (Å²) in [5, 5.41) is 0. The number of hydrogen-bond acceptors (Lipinski definition) is 2. The summed E-state index contributed by atoms with van der Waals surface area (Å²) in [4.78, 5) is 16.7. The zero-order chi connectivity index (χ0) is 32.1. The molecule has 45 heavy (non-hydrogen) atoms. The molecule has 1 unspecified atom stereocenters. The van der Waals surface area contributed by atoms with E-state index in [1.54, 1.807) is 24.3 Å². The molecule has 1 aliphatic carbocycles. The van der Waals surface area contributed by atoms with Gasteiger partial charge in [0.1, 0.15) is 5.82 Å². The van der Waals surface area contributed by atoms with Gasteiger partial charge in [0.05, 0.1) is 6.04 Å². The summed E-state index contributed by atoms with van der Waals surface area (Å²) in [6, 6.07) is 19.1. The number of anilines is 1. The average Bonchev–Trinajstić information content (AvgIpc) is 3.88. The zero-order valence-corrected chi connectivity index (χ0v) is 26.5. The van der Waals surface area contributed by atoms with Crippen LogP contribution in [0, 0.1) is 31.5 Å². The maximum Gasteiger partial charge on any atom is 0.315 e. The number of piperidine rings is 1. The summed E-state index contributed by atoms with van der Waals surface area (Å²) in [7, 11) is 0. The SMILES string of the molecule is C=C(C/C=C(/c1cccc(F)c1)c1ccc(C(=O)N2CCC(C(/C=C\C)N(c3ccccc3C)C(F)F)CC2)cc1C)C1CC1. The Morgan fingerprint density at radius 2 is 1.69 bits per heavy atom. The lowest BCUT2D eigenvalue weighted by Gasteiger charge is -2.41. The van der Waals surface area contributed by atoms with Crippen molar-refractivity contribution in [1.29, 1.82) is 0 Å². The van der Waals surface area contributed by atoms with Crippen molar-refractivity contribution in [3.63, 3.8) is 0 Å². The fourth-order valence-corrected chi connectivity index (χ4v) is 6.58. The number of benzene rings is 3. The molecule has 1 saturated heterocycles. The molecule has 0 aromatic heterocycles. The van der Waals surface area contributed by atoms with Gasteiger partial charge in [-0.25, -0.2) is 4.39 Å². The average molecular weight is 613 g/mol. The van der Waals surface area contributed by atoms with Crippen LogP contribution in [0.1, 0.15) is 71.6 Å². The van der Waals surface area contributed by atoms with Gasteiger partial charge in [0.2, 0.25) is 0 Å². The monoisotopic (exact) mass is 612 g/mol. The summed E-state index contributed by atoms with van der Waals surface area (Å²) >= 11 is 0. The van der Waals surface area contributed by atoms with Gasteiger partial charge in [-0.1, -0.05) is 66.8 Å². The Morgan fingerprint density at radius 1 is 0.956 bits per heavy atom. The molecule has 1 atom stereocenters. The minimum Gasteiger partial charge on any atom is -0.339 e. The lowest BCUT2D eigenvalue weighted by molar-refractivity contribution is 0.0660. The van der Waals surface area contributed by atoms with E-state index in [-0.39, 0.29) is 17.6 Å². The van der Waals surface area contributed by atoms with E-state index >= 15 is 0 Å². The molecule has 0 radical (unpaired) electrons. The van der Waals surface area contributed by atoms with Crippen LogP contribution in [0.5, 0.6) is 0 Å². The second-order valence-corrected chi connectivity index (χ2v) is 12.4. The van der Waals surface area contributed by atoms with Crippen LogP contribution in [0.2, 0.25) is 0 Å². The first kappa shape index (κ1) is 32.3. The third kappa shape index (κ3) is 7.61. The molecule has 1 amide bonds. The van der Waals surface area contributed by atoms with Crippen LogP contribution < -0.4 is 4.90 Å². The van der Waals surface area contributed by atoms with Gasteiger partial charge in [-0.2, -0.15) is 8.78 Å². The highest BCUT2D eigenvalue weighted by atomic mass is 19.3. The minimum absolute atomic E-state index is 0.0210. The highest BCUT2D eigenvalue weighted by Crippen LogP contribution is 2.39. The molecule has 0 spiro atoms. The number of aryl methyl sites for hydroxylation is 2. The third-order valence-electron chi connectivity index (χ3n) is 9.25. The maximum absolute atomic E-state index is 14.5. The van der Waals surface area contributed by atoms with E-state index in [4.69, 9.17) is 0 Å². The first-order chi connectivity index (χ1) is 21.7. The number of carbonyl (C=O) groups excluding carboxylic acids is 1. The summed E-state index contributed by atoms with van der Waals surface area (Å²) in [5.41, 5.74) is 6.75. The largest absolute Gasteiger partial charge is 0.339 e. The quantitative estimate of drug-likeness (QED) is 0.159. The lowest BCUT2D eigenvalue weighted by Crippen LogP contribution is -2.48. The molecule has 3 aromatic carbocycles. The van der Waals surface area contributed by atoms with Crippen LogP contribution in [0.25, 0.3) is 5.57 Å². The number of nitrogens with zero attached hydrogens (tertiary/aromatic N) is 2. The predicted octanol–water partition coefficient (Wildman–Crippen LogP) is 9.76. The first-order valence-corrected chi connectivity index (χ1v) is 16.0. The Hall–Kier alpha value is -4.06. The van der Waals surface area contributed by atoms with Crippen molar-refractivity contribution >= 4 is 17.2 Å². The topological polar surface area (TPSA) is 23.6 Å². The highest BCUT2D eigenvalue weighted by molar-refractivity contribution is 5.95. The van der Waals surface area contributed by atoms with E-state index in [0.717, 1.165) is 34.2 Å². The molecule has 5 rings (SSSR count). The highest BCUT2D eigenvalue weighted by Gasteiger charge is 2.35. The Kier molecular flexibility index (Phi) is 10.3. The van der Waals surface area contributed by atoms with Gasteiger partial charge >= 0.3 is 6.55 Å². The standard InChI is InChI=1S/C39H43F3N2O/c1-5-9-37(44(39(41)42)36-13-7-6-10-27(36)3)30-20-22-43(23-21-30)38(45)32-17-19-34(28(4)24-32)35(18-14-26(2)29-15-16-29)31-11-8-12-33(40)25-31/h5-13,17-19,24-25,29-30,37,39H,2,14-16,20-23H2,1,3-4H3/b9-5-,35-18-. The number of carbonyl (C=O) groups is 1. The van der Waals surface area contributed by atoms with Crippen molar-refractivity contribution in [2.45, 2.75) is 65.5 Å². The van der Waals surface area contributed by atoms with Gasteiger partial charge in [0.25, 0.3) is 5.91 Å². The van der Waals surface area contributed by atoms with Crippen LogP contribution >= 0.6 is 0 Å². The molecule has 2 aliphatic rings. The predicted molar refractivity (Wildman–Crippen MR) is 178 cm³/mol. The van der Waals surface area contributed by atoms with Crippen LogP contribution in [-0.4, -0.2) is 36.5 Å². The fourth-order valence-electron chi connectivity index (χ4n) is 6.58. The molecule has 0 bridgehead atoms. The first-order valence-electron chi connectivity index (χ1n) is 16.0. The van der Waals surface area contributed by atoms with E-state index in [1.165, 1.54) is 29.4 Å². The smallest absolute Gasteiger partial charge is 0.315 e. The second-order valence-electron chi connectivity index (χ2n) is 12.4. The molecule has 6 heteroatoms. The maximum atomic E-state index is 14.5. The molecule has 3 nitrogen and oxygen atoms in total. The molecule has 1 heterocycles. The van der Waals surface area contributed by atoms with Crippen LogP contribution in [0.15, 0.2) is 97.1 Å². The van der Waals surface area contributed by atoms with Crippen molar-refractivity contribution in [1.82, 2.24) is 4.90 Å². The normalized spacial score (nSPS) is 16.8. The number of allylic oxidation sites excluding steroid dienone is 3. The van der Waals surface area contributed by atoms with Crippen LogP contribution in [0.3, 0.4) is 0 Å². The lowest BCUT2D eigenvalue weighted by atomic mass is 9.87. The number of rotatable bonds is 11. The van der Waals surface area contributed by atoms with Crippen molar-refractivity contribution in [2.24, 2.45) is 11.8 Å². The second kappa shape index (κ2) is 14.4. The van der Waals surface area contributed by atoms with E-state index in [9.17, 15) is 18.0 Å². The Bertz CT molecular complexity index is 1580. The molecular weight excluding hydrogens is 569 g/mol. The number of likely N-dealkylation sites (tertiary alicyclic amines) is 1. The zero-order valence-electron chi connectivity index (χ0n) is 26.5. The summed E-state index contributed by atoms with van der Waals surface area (Å²) in [6.45, 7) is 8.30. The van der Waals surface area contributed by atoms with Crippen molar-refractivity contribution < 1.29 is 18.0 Å². The van der Waals surface area contributed by atoms with E-state index in [2.05, 4.69) is 12.7 Å². The van der Waals surface area contributed by atoms with E-state index < -0.39 is 12.6 Å². The van der Waals surface area contributed by atoms with E-state index in [0.29, 0.717) is 43.1 Å². The Balaban J connectivity index is 1.32. The fraction of sp³-hybridized carbons (Fsp3) is 0.359. The molecule has 0 N–H and O–H groups in total. The third-order valence-corrected chi connectivity index (χ3v) is 9.25. The molecule has 2 fully saturated rings. The Labute approximate surface area is 265 Å². The van der Waals surface area contributed by atoms with Crippen LogP contribution in [-0.2, 0) is 0 Å². The molecule has 1 aliphatic heterocycles. The summed E-state index contributed by atoms with van der Waals surface area (Å²) in [5.74, 6) is 0.204. The molecule has 3 aromatic rings. The number of halogens is 3. The summed E-state index contributed by atoms with van der Waals surface area (Å²) < 4.78 is 43.2. The van der Waals surface area contributed by atoms with Gasteiger partial charge < -0.3 is 9.80 Å². The number of amides is 1. The number of hydrogen-bond donors (Lipinski definition) is 0. The molecule has 236 valence electrons. The van der Waals surface area contributed by atoms with Crippen molar-refractivity contribution in [2.75, 3.05) is 18.0 Å². The van der Waals surface area contributed by atoms with E-state index in [1.807, 2.05) is 74.2 Å². The summed E-state index contributed by atoms with van der Waals surface area (Å²) in [6.07, 6.45) is 10.2. The van der Waals surface area contributed by atoms with Gasteiger partial charge in [0.15, 0.2) is 0 Å². The van der Waals surface area contributed by atoms with Crippen molar-refractivity contribution in [3.05, 3.63) is 131 Å². The number of para-hydroxylation sites is 1. The van der Waals surface area contributed by atoms with Gasteiger partial charge in [-0.15, -0.1) is 0 Å².